The van der Waals surface area contributed by atoms with Crippen molar-refractivity contribution in [3.05, 3.63) is 52.2 Å². The summed E-state index contributed by atoms with van der Waals surface area (Å²) >= 11 is 7.40. The molecule has 1 aliphatic heterocycles. The summed E-state index contributed by atoms with van der Waals surface area (Å²) in [4.78, 5) is 6.21. The largest absolute Gasteiger partial charge is 0.346 e. The van der Waals surface area contributed by atoms with Crippen LogP contribution in [0.25, 0.3) is 0 Å². The molecule has 0 radical (unpaired) electrons. The van der Waals surface area contributed by atoms with Crippen LogP contribution in [0.15, 0.2) is 41.8 Å². The number of anilines is 1. The van der Waals surface area contributed by atoms with Crippen molar-refractivity contribution in [2.75, 3.05) is 31.5 Å². The summed E-state index contributed by atoms with van der Waals surface area (Å²) in [7, 11) is 0. The molecule has 1 N–H and O–H groups in total. The van der Waals surface area contributed by atoms with E-state index in [-0.39, 0.29) is 0 Å². The first-order chi connectivity index (χ1) is 10.7. The van der Waals surface area contributed by atoms with Gasteiger partial charge in [0.05, 0.1) is 0 Å². The Balaban J connectivity index is 1.50. The Kier molecular flexibility index (Phi) is 5.08. The van der Waals surface area contributed by atoms with E-state index < -0.39 is 0 Å². The van der Waals surface area contributed by atoms with Crippen LogP contribution in [0.3, 0.4) is 0 Å². The molecule has 22 heavy (non-hydrogen) atoms. The number of thiophene rings is 1. The van der Waals surface area contributed by atoms with Crippen LogP contribution in [0.2, 0.25) is 0 Å². The molecule has 2 heterocycles. The van der Waals surface area contributed by atoms with E-state index in [1.807, 2.05) is 23.5 Å². The summed E-state index contributed by atoms with van der Waals surface area (Å²) in [6, 6.07) is 12.6. The lowest BCUT2D eigenvalue weighted by atomic mass is 10.2. The van der Waals surface area contributed by atoms with Gasteiger partial charge in [0.1, 0.15) is 0 Å². The van der Waals surface area contributed by atoms with Crippen LogP contribution in [0.4, 0.5) is 5.69 Å². The van der Waals surface area contributed by atoms with Gasteiger partial charge in [-0.25, -0.2) is 0 Å². The highest BCUT2D eigenvalue weighted by Crippen LogP contribution is 2.16. The Labute approximate surface area is 141 Å². The van der Waals surface area contributed by atoms with E-state index in [9.17, 15) is 0 Å². The van der Waals surface area contributed by atoms with Gasteiger partial charge in [-0.05, 0) is 42.2 Å². The van der Waals surface area contributed by atoms with Crippen LogP contribution < -0.4 is 5.32 Å². The van der Waals surface area contributed by atoms with Crippen molar-refractivity contribution in [2.45, 2.75) is 13.5 Å². The number of aryl methyl sites for hydroxylation is 1. The Morgan fingerprint density at radius 2 is 1.91 bits per heavy atom. The summed E-state index contributed by atoms with van der Waals surface area (Å²) in [6.07, 6.45) is 0. The van der Waals surface area contributed by atoms with Gasteiger partial charge in [-0.1, -0.05) is 24.3 Å². The molecular weight excluding hydrogens is 310 g/mol. The van der Waals surface area contributed by atoms with E-state index in [0.29, 0.717) is 0 Å². The van der Waals surface area contributed by atoms with Crippen molar-refractivity contribution in [1.82, 2.24) is 9.80 Å². The zero-order chi connectivity index (χ0) is 15.4. The average molecular weight is 332 g/mol. The third-order valence-corrected chi connectivity index (χ3v) is 5.23. The van der Waals surface area contributed by atoms with E-state index >= 15 is 0 Å². The maximum atomic E-state index is 5.57. The van der Waals surface area contributed by atoms with Crippen LogP contribution in [0.5, 0.6) is 0 Å². The second-order valence-electron chi connectivity index (χ2n) is 5.59. The molecule has 0 atom stereocenters. The van der Waals surface area contributed by atoms with Gasteiger partial charge in [-0.3, -0.25) is 4.90 Å². The maximum Gasteiger partial charge on any atom is 0.173 e. The molecule has 1 aliphatic rings. The first-order valence-corrected chi connectivity index (χ1v) is 8.87. The molecular formula is C17H21N3S2. The van der Waals surface area contributed by atoms with Crippen LogP contribution >= 0.6 is 23.6 Å². The zero-order valence-electron chi connectivity index (χ0n) is 12.8. The number of para-hydroxylation sites is 1. The number of hydrogen-bond acceptors (Lipinski definition) is 3. The van der Waals surface area contributed by atoms with Crippen LogP contribution in [-0.4, -0.2) is 41.1 Å². The fourth-order valence-electron chi connectivity index (χ4n) is 2.64. The van der Waals surface area contributed by atoms with Crippen molar-refractivity contribution < 1.29 is 0 Å². The quantitative estimate of drug-likeness (QED) is 0.866. The molecule has 0 saturated carbocycles. The maximum absolute atomic E-state index is 5.57. The van der Waals surface area contributed by atoms with Gasteiger partial charge in [-0.15, -0.1) is 11.3 Å². The topological polar surface area (TPSA) is 18.5 Å². The number of nitrogens with one attached hydrogen (secondary N) is 1. The Hall–Kier alpha value is -1.43. The lowest BCUT2D eigenvalue weighted by Gasteiger charge is -2.36. The molecule has 3 nitrogen and oxygen atoms in total. The lowest BCUT2D eigenvalue weighted by Crippen LogP contribution is -2.49. The second-order valence-corrected chi connectivity index (χ2v) is 7.01. The highest BCUT2D eigenvalue weighted by Gasteiger charge is 2.19. The van der Waals surface area contributed by atoms with Crippen molar-refractivity contribution in [3.63, 3.8) is 0 Å². The molecule has 1 aromatic heterocycles. The average Bonchev–Trinajstić information content (AvgIpc) is 3.03. The molecule has 1 aromatic carbocycles. The lowest BCUT2D eigenvalue weighted by molar-refractivity contribution is 0.178. The Morgan fingerprint density at radius 1 is 1.14 bits per heavy atom. The highest BCUT2D eigenvalue weighted by atomic mass is 32.1. The van der Waals surface area contributed by atoms with Crippen LogP contribution in [-0.2, 0) is 6.54 Å². The number of piperazine rings is 1. The predicted octanol–water partition coefficient (Wildman–Crippen LogP) is 3.57. The SMILES string of the molecule is Cc1ccccc1NC(=S)N1CCN(Cc2cccs2)CC1. The number of hydrogen-bond donors (Lipinski definition) is 1. The van der Waals surface area contributed by atoms with Crippen molar-refractivity contribution in [3.8, 4) is 0 Å². The van der Waals surface area contributed by atoms with Crippen LogP contribution in [0.1, 0.15) is 10.4 Å². The molecule has 0 amide bonds. The summed E-state index contributed by atoms with van der Waals surface area (Å²) in [5.41, 5.74) is 2.33. The smallest absolute Gasteiger partial charge is 0.173 e. The molecule has 116 valence electrons. The molecule has 3 rings (SSSR count). The molecule has 0 unspecified atom stereocenters. The summed E-state index contributed by atoms with van der Waals surface area (Å²) in [6.45, 7) is 7.26. The normalized spacial score (nSPS) is 15.8. The Morgan fingerprint density at radius 3 is 2.59 bits per heavy atom. The van der Waals surface area contributed by atoms with Gasteiger partial charge in [0, 0.05) is 43.3 Å². The summed E-state index contributed by atoms with van der Waals surface area (Å²) < 4.78 is 0. The number of thiocarbonyl (C=S) groups is 1. The molecule has 0 bridgehead atoms. The van der Waals surface area contributed by atoms with Crippen molar-refractivity contribution in [2.24, 2.45) is 0 Å². The van der Waals surface area contributed by atoms with E-state index in [1.54, 1.807) is 0 Å². The minimum atomic E-state index is 0.838. The third kappa shape index (κ3) is 3.85. The minimum absolute atomic E-state index is 0.838. The van der Waals surface area contributed by atoms with Gasteiger partial charge >= 0.3 is 0 Å². The molecule has 1 saturated heterocycles. The van der Waals surface area contributed by atoms with Gasteiger partial charge in [0.15, 0.2) is 5.11 Å². The minimum Gasteiger partial charge on any atom is -0.346 e. The molecule has 2 aromatic rings. The van der Waals surface area contributed by atoms with E-state index in [4.69, 9.17) is 12.2 Å². The van der Waals surface area contributed by atoms with Gasteiger partial charge < -0.3 is 10.2 Å². The van der Waals surface area contributed by atoms with Gasteiger partial charge in [0.2, 0.25) is 0 Å². The fraction of sp³-hybridized carbons (Fsp3) is 0.353. The predicted molar refractivity (Wildman–Crippen MR) is 98.6 cm³/mol. The van der Waals surface area contributed by atoms with Gasteiger partial charge in [0.25, 0.3) is 0 Å². The molecule has 1 fully saturated rings. The highest BCUT2D eigenvalue weighted by molar-refractivity contribution is 7.80. The monoisotopic (exact) mass is 331 g/mol. The Bertz CT molecular complexity index is 617. The van der Waals surface area contributed by atoms with E-state index in [0.717, 1.165) is 43.5 Å². The number of nitrogens with zero attached hydrogens (tertiary/aromatic N) is 2. The first-order valence-electron chi connectivity index (χ1n) is 7.58. The van der Waals surface area contributed by atoms with E-state index in [2.05, 4.69) is 51.7 Å². The first kappa shape index (κ1) is 15.5. The number of benzene rings is 1. The van der Waals surface area contributed by atoms with Gasteiger partial charge in [-0.2, -0.15) is 0 Å². The summed E-state index contributed by atoms with van der Waals surface area (Å²) in [5, 5.41) is 6.36. The molecule has 0 aliphatic carbocycles. The number of rotatable bonds is 3. The van der Waals surface area contributed by atoms with Crippen molar-refractivity contribution in [1.29, 1.82) is 0 Å². The standard InChI is InChI=1S/C17H21N3S2/c1-14-5-2-3-7-16(14)18-17(21)20-10-8-19(9-11-20)13-15-6-4-12-22-15/h2-7,12H,8-11,13H2,1H3,(H,18,21). The zero-order valence-corrected chi connectivity index (χ0v) is 14.4. The van der Waals surface area contributed by atoms with E-state index in [1.165, 1.54) is 10.4 Å². The molecule has 0 spiro atoms. The summed E-state index contributed by atoms with van der Waals surface area (Å²) in [5.74, 6) is 0. The van der Waals surface area contributed by atoms with Crippen LogP contribution in [0, 0.1) is 6.92 Å². The second kappa shape index (κ2) is 7.22. The third-order valence-electron chi connectivity index (χ3n) is 4.01. The fourth-order valence-corrected chi connectivity index (χ4v) is 3.68. The van der Waals surface area contributed by atoms with Crippen molar-refractivity contribution >= 4 is 34.4 Å². The molecule has 5 heteroatoms.